The lowest BCUT2D eigenvalue weighted by molar-refractivity contribution is -0.136. The summed E-state index contributed by atoms with van der Waals surface area (Å²) in [6, 6.07) is 0.863. The second-order valence-electron chi connectivity index (χ2n) is 11.2. The van der Waals surface area contributed by atoms with Gasteiger partial charge in [-0.15, -0.1) is 0 Å². The standard InChI is InChI=1S/C10H18N2O.C9H18N2O2.C9H18N2O/c1-3-12-6-4-5-8-7-11(2)10(13)9(8)12;1-3-10-4-5-11(6-7-13-2)9(12)8-10;1-3-11-6-8-9(7-11)12-5-4-10(8)2/h8-9H,3-7H2,1-2H3;3-8H2,1-2H3;8-9H,3-7H2,1-2H3. The molecule has 0 aromatic heterocycles. The highest BCUT2D eigenvalue weighted by Crippen LogP contribution is 2.30. The summed E-state index contributed by atoms with van der Waals surface area (Å²) in [4.78, 5) is 36.4. The molecule has 0 N–H and O–H groups in total. The van der Waals surface area contributed by atoms with E-state index in [0.717, 1.165) is 72.1 Å². The number of piperidine rings is 1. The molecule has 5 aliphatic rings. The molecule has 10 heteroatoms. The molecule has 0 radical (unpaired) electrons. The highest BCUT2D eigenvalue weighted by Gasteiger charge is 2.43. The van der Waals surface area contributed by atoms with Crippen molar-refractivity contribution in [2.75, 3.05) is 113 Å². The van der Waals surface area contributed by atoms with Crippen molar-refractivity contribution in [2.24, 2.45) is 5.92 Å². The number of piperazine rings is 1. The van der Waals surface area contributed by atoms with Crippen molar-refractivity contribution in [2.45, 2.75) is 51.8 Å². The number of fused-ring (bicyclic) bond motifs is 2. The van der Waals surface area contributed by atoms with Crippen LogP contribution in [0.1, 0.15) is 33.6 Å². The number of carbonyl (C=O) groups is 2. The van der Waals surface area contributed by atoms with E-state index in [1.807, 2.05) is 16.8 Å². The van der Waals surface area contributed by atoms with Crippen LogP contribution >= 0.6 is 0 Å². The van der Waals surface area contributed by atoms with Gasteiger partial charge in [0.25, 0.3) is 0 Å². The first kappa shape index (κ1) is 31.2. The Morgan fingerprint density at radius 2 is 1.68 bits per heavy atom. The van der Waals surface area contributed by atoms with Crippen molar-refractivity contribution in [1.29, 1.82) is 0 Å². The summed E-state index contributed by atoms with van der Waals surface area (Å²) in [5, 5.41) is 0. The first-order valence-corrected chi connectivity index (χ1v) is 14.8. The van der Waals surface area contributed by atoms with Crippen molar-refractivity contribution >= 4 is 11.8 Å². The summed E-state index contributed by atoms with van der Waals surface area (Å²) in [5.74, 6) is 1.17. The smallest absolute Gasteiger partial charge is 0.240 e. The van der Waals surface area contributed by atoms with Crippen molar-refractivity contribution in [1.82, 2.24) is 29.4 Å². The Balaban J connectivity index is 0.000000158. The van der Waals surface area contributed by atoms with E-state index in [0.29, 0.717) is 37.1 Å². The number of nitrogens with zero attached hydrogens (tertiary/aromatic N) is 6. The van der Waals surface area contributed by atoms with Gasteiger partial charge in [0.15, 0.2) is 0 Å². The van der Waals surface area contributed by atoms with E-state index in [2.05, 4.69) is 47.4 Å². The van der Waals surface area contributed by atoms with E-state index in [4.69, 9.17) is 9.47 Å². The largest absolute Gasteiger partial charge is 0.383 e. The molecule has 0 saturated carbocycles. The Bertz CT molecular complexity index is 736. The quantitative estimate of drug-likeness (QED) is 0.481. The predicted molar refractivity (Wildman–Crippen MR) is 150 cm³/mol. The number of carbonyl (C=O) groups excluding carboxylic acids is 2. The van der Waals surface area contributed by atoms with Gasteiger partial charge in [-0.3, -0.25) is 29.2 Å². The maximum Gasteiger partial charge on any atom is 0.240 e. The van der Waals surface area contributed by atoms with Gasteiger partial charge in [0.2, 0.25) is 11.8 Å². The molecule has 38 heavy (non-hydrogen) atoms. The number of methoxy groups -OCH3 is 1. The molecule has 5 heterocycles. The SMILES string of the molecule is CCN1CC2OCCN(C)C2C1.CCN1CCCC2CN(C)C(=O)C21.CCN1CCN(CCOC)C(=O)C1. The van der Waals surface area contributed by atoms with Gasteiger partial charge in [-0.05, 0) is 46.1 Å². The first-order chi connectivity index (χ1) is 18.3. The van der Waals surface area contributed by atoms with Crippen molar-refractivity contribution < 1.29 is 19.1 Å². The first-order valence-electron chi connectivity index (χ1n) is 14.8. The zero-order valence-electron chi connectivity index (χ0n) is 24.9. The lowest BCUT2D eigenvalue weighted by atomic mass is 9.92. The fraction of sp³-hybridized carbons (Fsp3) is 0.929. The Kier molecular flexibility index (Phi) is 12.7. The molecule has 0 aliphatic carbocycles. The van der Waals surface area contributed by atoms with Crippen molar-refractivity contribution in [3.63, 3.8) is 0 Å². The summed E-state index contributed by atoms with van der Waals surface area (Å²) in [7, 11) is 5.79. The highest BCUT2D eigenvalue weighted by molar-refractivity contribution is 5.84. The molecular formula is C28H54N6O4. The number of amides is 2. The molecule has 4 unspecified atom stereocenters. The monoisotopic (exact) mass is 538 g/mol. The molecule has 2 amide bonds. The minimum atomic E-state index is 0.212. The van der Waals surface area contributed by atoms with Crippen molar-refractivity contribution in [3.05, 3.63) is 0 Å². The maximum absolute atomic E-state index is 11.8. The summed E-state index contributed by atoms with van der Waals surface area (Å²) in [6.45, 7) is 19.8. The number of hydrogen-bond acceptors (Lipinski definition) is 8. The number of ether oxygens (including phenoxy) is 2. The minimum Gasteiger partial charge on any atom is -0.383 e. The Labute approximate surface area is 231 Å². The average molecular weight is 539 g/mol. The van der Waals surface area contributed by atoms with Crippen LogP contribution in [-0.2, 0) is 19.1 Å². The number of rotatable bonds is 6. The summed E-state index contributed by atoms with van der Waals surface area (Å²) in [6.07, 6.45) is 2.97. The van der Waals surface area contributed by atoms with Gasteiger partial charge in [0.05, 0.1) is 31.9 Å². The molecule has 0 bridgehead atoms. The fourth-order valence-electron chi connectivity index (χ4n) is 6.38. The second kappa shape index (κ2) is 15.5. The zero-order chi connectivity index (χ0) is 27.7. The van der Waals surface area contributed by atoms with Crippen LogP contribution in [0.4, 0.5) is 0 Å². The molecular weight excluding hydrogens is 484 g/mol. The molecule has 10 nitrogen and oxygen atoms in total. The highest BCUT2D eigenvalue weighted by atomic mass is 16.5. The normalized spacial score (nSPS) is 30.9. The summed E-state index contributed by atoms with van der Waals surface area (Å²) >= 11 is 0. The van der Waals surface area contributed by atoms with Crippen LogP contribution < -0.4 is 0 Å². The van der Waals surface area contributed by atoms with Gasteiger partial charge in [0, 0.05) is 71.9 Å². The van der Waals surface area contributed by atoms with E-state index in [-0.39, 0.29) is 11.9 Å². The number of hydrogen-bond donors (Lipinski definition) is 0. The van der Waals surface area contributed by atoms with Crippen LogP contribution in [0.3, 0.4) is 0 Å². The minimum absolute atomic E-state index is 0.212. The number of likely N-dealkylation sites (tertiary alicyclic amines) is 3. The molecule has 0 aromatic rings. The second-order valence-corrected chi connectivity index (χ2v) is 11.2. The van der Waals surface area contributed by atoms with E-state index in [1.165, 1.54) is 19.4 Å². The molecule has 4 atom stereocenters. The van der Waals surface area contributed by atoms with Crippen LogP contribution in [0, 0.1) is 5.92 Å². The average Bonchev–Trinajstić information content (AvgIpc) is 3.49. The molecule has 5 saturated heterocycles. The third kappa shape index (κ3) is 8.11. The van der Waals surface area contributed by atoms with Crippen LogP contribution in [0.2, 0.25) is 0 Å². The summed E-state index contributed by atoms with van der Waals surface area (Å²) < 4.78 is 10.7. The lowest BCUT2D eigenvalue weighted by Crippen LogP contribution is -2.50. The third-order valence-corrected chi connectivity index (χ3v) is 8.92. The Morgan fingerprint density at radius 1 is 0.921 bits per heavy atom. The van der Waals surface area contributed by atoms with Gasteiger partial charge in [0.1, 0.15) is 0 Å². The molecule has 0 aromatic carbocycles. The van der Waals surface area contributed by atoms with E-state index in [9.17, 15) is 9.59 Å². The molecule has 5 rings (SSSR count). The van der Waals surface area contributed by atoms with Crippen LogP contribution in [0.25, 0.3) is 0 Å². The van der Waals surface area contributed by atoms with Crippen LogP contribution in [-0.4, -0.2) is 172 Å². The zero-order valence-corrected chi connectivity index (χ0v) is 24.9. The van der Waals surface area contributed by atoms with E-state index < -0.39 is 0 Å². The maximum atomic E-state index is 11.8. The third-order valence-electron chi connectivity index (χ3n) is 8.92. The molecule has 0 spiro atoms. The van der Waals surface area contributed by atoms with Gasteiger partial charge < -0.3 is 19.3 Å². The van der Waals surface area contributed by atoms with Crippen molar-refractivity contribution in [3.8, 4) is 0 Å². The van der Waals surface area contributed by atoms with Gasteiger partial charge in [-0.25, -0.2) is 0 Å². The Morgan fingerprint density at radius 3 is 2.32 bits per heavy atom. The van der Waals surface area contributed by atoms with Crippen LogP contribution in [0.15, 0.2) is 0 Å². The number of morpholine rings is 1. The fourth-order valence-corrected chi connectivity index (χ4v) is 6.38. The van der Waals surface area contributed by atoms with Gasteiger partial charge >= 0.3 is 0 Å². The topological polar surface area (TPSA) is 72.0 Å². The van der Waals surface area contributed by atoms with Gasteiger partial charge in [-0.1, -0.05) is 20.8 Å². The molecule has 220 valence electrons. The van der Waals surface area contributed by atoms with Crippen LogP contribution in [0.5, 0.6) is 0 Å². The number of likely N-dealkylation sites (N-methyl/N-ethyl adjacent to an activating group) is 5. The predicted octanol–water partition coefficient (Wildman–Crippen LogP) is 0.377. The summed E-state index contributed by atoms with van der Waals surface area (Å²) in [5.41, 5.74) is 0. The van der Waals surface area contributed by atoms with E-state index >= 15 is 0 Å². The molecule has 5 aliphatic heterocycles. The van der Waals surface area contributed by atoms with E-state index in [1.54, 1.807) is 7.11 Å². The van der Waals surface area contributed by atoms with Gasteiger partial charge in [-0.2, -0.15) is 0 Å². The molecule has 5 fully saturated rings. The lowest BCUT2D eigenvalue weighted by Gasteiger charge is -2.34. The Hall–Kier alpha value is -1.30.